The van der Waals surface area contributed by atoms with E-state index in [4.69, 9.17) is 17.3 Å². The molecule has 4 nitrogen and oxygen atoms in total. The maximum absolute atomic E-state index is 9.87. The third-order valence-electron chi connectivity index (χ3n) is 2.20. The Morgan fingerprint density at radius 1 is 1.47 bits per heavy atom. The van der Waals surface area contributed by atoms with E-state index in [0.29, 0.717) is 22.1 Å². The van der Waals surface area contributed by atoms with Gasteiger partial charge in [-0.1, -0.05) is 17.7 Å². The minimum Gasteiger partial charge on any atom is -0.507 e. The lowest BCUT2D eigenvalue weighted by Gasteiger charge is -2.06. The molecule has 1 aromatic carbocycles. The summed E-state index contributed by atoms with van der Waals surface area (Å²) in [5.41, 5.74) is 7.38. The molecule has 1 heterocycles. The number of benzene rings is 1. The summed E-state index contributed by atoms with van der Waals surface area (Å²) in [6.07, 6.45) is 0. The number of nitrogens with one attached hydrogen (secondary N) is 1. The summed E-state index contributed by atoms with van der Waals surface area (Å²) < 4.78 is 0. The van der Waals surface area contributed by atoms with Crippen LogP contribution in [-0.2, 0) is 0 Å². The number of rotatable bonds is 1. The van der Waals surface area contributed by atoms with Crippen LogP contribution in [0.5, 0.6) is 5.75 Å². The first-order chi connectivity index (χ1) is 7.09. The van der Waals surface area contributed by atoms with Crippen molar-refractivity contribution < 1.29 is 5.11 Å². The Kier molecular flexibility index (Phi) is 2.28. The third kappa shape index (κ3) is 1.64. The lowest BCUT2D eigenvalue weighted by atomic mass is 10.1. The summed E-state index contributed by atoms with van der Waals surface area (Å²) in [5.74, 6) is 0.508. The molecule has 0 bridgehead atoms. The van der Waals surface area contributed by atoms with Crippen molar-refractivity contribution in [3.05, 3.63) is 28.8 Å². The van der Waals surface area contributed by atoms with Gasteiger partial charge >= 0.3 is 0 Å². The number of phenolic OH excluding ortho intramolecular Hbond substituents is 1. The highest BCUT2D eigenvalue weighted by atomic mass is 35.5. The predicted molar refractivity (Wildman–Crippen MR) is 59.8 cm³/mol. The zero-order valence-corrected chi connectivity index (χ0v) is 8.84. The number of anilines is 1. The van der Waals surface area contributed by atoms with Gasteiger partial charge in [-0.2, -0.15) is 5.10 Å². The van der Waals surface area contributed by atoms with Crippen LogP contribution in [0.4, 0.5) is 5.82 Å². The van der Waals surface area contributed by atoms with Crippen LogP contribution in [0.25, 0.3) is 11.3 Å². The van der Waals surface area contributed by atoms with Gasteiger partial charge in [0.05, 0.1) is 16.3 Å². The second-order valence-corrected chi connectivity index (χ2v) is 3.70. The van der Waals surface area contributed by atoms with E-state index in [9.17, 15) is 5.11 Å². The standard InChI is InChI=1S/C10H10ClN3O/c1-5-2-3-6(11)9(10(5)15)7-4-8(12)14-13-7/h2-4,15H,1H3,(H3,12,13,14). The van der Waals surface area contributed by atoms with Crippen LogP contribution in [0, 0.1) is 6.92 Å². The average molecular weight is 224 g/mol. The summed E-state index contributed by atoms with van der Waals surface area (Å²) in [5, 5.41) is 16.8. The first-order valence-electron chi connectivity index (χ1n) is 4.39. The Hall–Kier alpha value is -1.68. The fourth-order valence-corrected chi connectivity index (χ4v) is 1.65. The highest BCUT2D eigenvalue weighted by Crippen LogP contribution is 2.37. The van der Waals surface area contributed by atoms with E-state index in [1.807, 2.05) is 0 Å². The Labute approximate surface area is 91.7 Å². The Morgan fingerprint density at radius 2 is 2.20 bits per heavy atom. The number of hydrogen-bond acceptors (Lipinski definition) is 3. The summed E-state index contributed by atoms with van der Waals surface area (Å²) in [6, 6.07) is 5.10. The van der Waals surface area contributed by atoms with Crippen molar-refractivity contribution in [2.45, 2.75) is 6.92 Å². The third-order valence-corrected chi connectivity index (χ3v) is 2.51. The zero-order valence-electron chi connectivity index (χ0n) is 8.08. The maximum atomic E-state index is 9.87. The first kappa shape index (κ1) is 9.86. The minimum atomic E-state index is 0.145. The summed E-state index contributed by atoms with van der Waals surface area (Å²) >= 11 is 6.00. The molecule has 0 atom stereocenters. The van der Waals surface area contributed by atoms with E-state index in [1.165, 1.54) is 0 Å². The number of phenols is 1. The van der Waals surface area contributed by atoms with E-state index < -0.39 is 0 Å². The van der Waals surface area contributed by atoms with Gasteiger partial charge in [-0.05, 0) is 18.6 Å². The Morgan fingerprint density at radius 3 is 2.80 bits per heavy atom. The fraction of sp³-hybridized carbons (Fsp3) is 0.100. The van der Waals surface area contributed by atoms with Crippen LogP contribution in [0.15, 0.2) is 18.2 Å². The number of halogens is 1. The van der Waals surface area contributed by atoms with Gasteiger partial charge in [0.2, 0.25) is 0 Å². The smallest absolute Gasteiger partial charge is 0.145 e. The van der Waals surface area contributed by atoms with Crippen LogP contribution >= 0.6 is 11.6 Å². The van der Waals surface area contributed by atoms with Gasteiger partial charge in [0.1, 0.15) is 11.6 Å². The SMILES string of the molecule is Cc1ccc(Cl)c(-c2cc(N)n[nH]2)c1O. The van der Waals surface area contributed by atoms with Crippen LogP contribution in [0.3, 0.4) is 0 Å². The average Bonchev–Trinajstić information content (AvgIpc) is 2.59. The molecule has 0 spiro atoms. The summed E-state index contributed by atoms with van der Waals surface area (Å²) in [4.78, 5) is 0. The number of aromatic nitrogens is 2. The molecule has 0 saturated heterocycles. The lowest BCUT2D eigenvalue weighted by molar-refractivity contribution is 0.473. The van der Waals surface area contributed by atoms with E-state index in [1.54, 1.807) is 25.1 Å². The van der Waals surface area contributed by atoms with Gasteiger partial charge in [-0.15, -0.1) is 0 Å². The van der Waals surface area contributed by atoms with Crippen molar-refractivity contribution in [2.75, 3.05) is 5.73 Å². The molecule has 0 unspecified atom stereocenters. The van der Waals surface area contributed by atoms with Crippen molar-refractivity contribution in [3.8, 4) is 17.0 Å². The van der Waals surface area contributed by atoms with Crippen molar-refractivity contribution in [1.29, 1.82) is 0 Å². The van der Waals surface area contributed by atoms with E-state index in [0.717, 1.165) is 5.56 Å². The van der Waals surface area contributed by atoms with Crippen LogP contribution < -0.4 is 5.73 Å². The van der Waals surface area contributed by atoms with Gasteiger partial charge in [0, 0.05) is 6.07 Å². The van der Waals surface area contributed by atoms with E-state index >= 15 is 0 Å². The molecule has 1 aromatic heterocycles. The number of aromatic hydroxyl groups is 1. The molecule has 0 saturated carbocycles. The molecule has 2 aromatic rings. The molecular weight excluding hydrogens is 214 g/mol. The molecule has 0 aliphatic carbocycles. The maximum Gasteiger partial charge on any atom is 0.145 e. The largest absolute Gasteiger partial charge is 0.507 e. The molecular formula is C10H10ClN3O. The normalized spacial score (nSPS) is 10.5. The second kappa shape index (κ2) is 3.47. The quantitative estimate of drug-likeness (QED) is 0.695. The Balaban J connectivity index is 2.66. The van der Waals surface area contributed by atoms with Gasteiger partial charge in [-0.25, -0.2) is 0 Å². The van der Waals surface area contributed by atoms with Gasteiger partial charge < -0.3 is 10.8 Å². The monoisotopic (exact) mass is 223 g/mol. The number of aryl methyl sites for hydroxylation is 1. The summed E-state index contributed by atoms with van der Waals surface area (Å²) in [7, 11) is 0. The van der Waals surface area contributed by atoms with E-state index in [-0.39, 0.29) is 5.75 Å². The lowest BCUT2D eigenvalue weighted by Crippen LogP contribution is -1.84. The predicted octanol–water partition coefficient (Wildman–Crippen LogP) is 2.33. The number of nitrogens with two attached hydrogens (primary N) is 1. The highest BCUT2D eigenvalue weighted by molar-refractivity contribution is 6.33. The van der Waals surface area contributed by atoms with Crippen LogP contribution in [0.1, 0.15) is 5.56 Å². The molecule has 2 rings (SSSR count). The molecule has 15 heavy (non-hydrogen) atoms. The summed E-state index contributed by atoms with van der Waals surface area (Å²) in [6.45, 7) is 1.80. The van der Waals surface area contributed by atoms with Crippen LogP contribution in [-0.4, -0.2) is 15.3 Å². The number of aromatic amines is 1. The van der Waals surface area contributed by atoms with Crippen molar-refractivity contribution in [1.82, 2.24) is 10.2 Å². The van der Waals surface area contributed by atoms with Gasteiger partial charge in [0.15, 0.2) is 0 Å². The number of hydrogen-bond donors (Lipinski definition) is 3. The van der Waals surface area contributed by atoms with E-state index in [2.05, 4.69) is 10.2 Å². The number of nitrogens with zero attached hydrogens (tertiary/aromatic N) is 1. The molecule has 0 fully saturated rings. The van der Waals surface area contributed by atoms with Gasteiger partial charge in [-0.3, -0.25) is 5.10 Å². The highest BCUT2D eigenvalue weighted by Gasteiger charge is 2.13. The zero-order chi connectivity index (χ0) is 11.0. The molecule has 4 N–H and O–H groups in total. The number of nitrogen functional groups attached to an aromatic ring is 1. The molecule has 0 aliphatic heterocycles. The van der Waals surface area contributed by atoms with Crippen molar-refractivity contribution >= 4 is 17.4 Å². The molecule has 0 amide bonds. The second-order valence-electron chi connectivity index (χ2n) is 3.29. The number of H-pyrrole nitrogens is 1. The minimum absolute atomic E-state index is 0.145. The first-order valence-corrected chi connectivity index (χ1v) is 4.76. The Bertz CT molecular complexity index is 507. The van der Waals surface area contributed by atoms with Crippen LogP contribution in [0.2, 0.25) is 5.02 Å². The topological polar surface area (TPSA) is 74.9 Å². The molecule has 0 radical (unpaired) electrons. The molecule has 5 heteroatoms. The molecule has 78 valence electrons. The van der Waals surface area contributed by atoms with Crippen molar-refractivity contribution in [2.24, 2.45) is 0 Å². The molecule has 0 aliphatic rings. The fourth-order valence-electron chi connectivity index (χ4n) is 1.39. The van der Waals surface area contributed by atoms with Gasteiger partial charge in [0.25, 0.3) is 0 Å². The van der Waals surface area contributed by atoms with Crippen molar-refractivity contribution in [3.63, 3.8) is 0 Å².